The normalized spacial score (nSPS) is 13.9. The van der Waals surface area contributed by atoms with Crippen LogP contribution >= 0.6 is 0 Å². The molecule has 0 bridgehead atoms. The van der Waals surface area contributed by atoms with Crippen molar-refractivity contribution in [3.63, 3.8) is 0 Å². The van der Waals surface area contributed by atoms with E-state index in [9.17, 15) is 0 Å². The Kier molecular flexibility index (Phi) is 6.45. The largest absolute Gasteiger partial charge is 0.379 e. The van der Waals surface area contributed by atoms with Crippen LogP contribution in [0, 0.1) is 0 Å². The lowest BCUT2D eigenvalue weighted by molar-refractivity contribution is -0.151. The molecular weight excluding hydrogens is 146 g/mol. The van der Waals surface area contributed by atoms with Crippen molar-refractivity contribution in [1.29, 1.82) is 0 Å². The molecule has 11 heavy (non-hydrogen) atoms. The number of hydrogen-bond acceptors (Lipinski definition) is 4. The van der Waals surface area contributed by atoms with Crippen molar-refractivity contribution in [2.75, 3.05) is 13.2 Å². The highest BCUT2D eigenvalue weighted by Gasteiger charge is 2.10. The first kappa shape index (κ1) is 10.8. The van der Waals surface area contributed by atoms with Crippen LogP contribution in [0.1, 0.15) is 20.3 Å². The van der Waals surface area contributed by atoms with Gasteiger partial charge in [0.2, 0.25) is 0 Å². The minimum atomic E-state index is -0.863. The fourth-order valence-electron chi connectivity index (χ4n) is 0.753. The van der Waals surface area contributed by atoms with Crippen molar-refractivity contribution in [2.24, 2.45) is 5.73 Å². The Labute approximate surface area is 67.3 Å². The van der Waals surface area contributed by atoms with Gasteiger partial charge in [-0.25, -0.2) is 0 Å². The van der Waals surface area contributed by atoms with E-state index in [4.69, 9.17) is 20.3 Å². The van der Waals surface area contributed by atoms with E-state index in [0.29, 0.717) is 19.6 Å². The fraction of sp³-hybridized carbons (Fsp3) is 1.00. The zero-order chi connectivity index (χ0) is 8.69. The number of aliphatic hydroxyl groups excluding tert-OH is 1. The molecule has 1 atom stereocenters. The van der Waals surface area contributed by atoms with Crippen LogP contribution in [-0.2, 0) is 9.47 Å². The summed E-state index contributed by atoms with van der Waals surface area (Å²) < 4.78 is 10.3. The number of hydrogen-bond donors (Lipinski definition) is 2. The van der Waals surface area contributed by atoms with Crippen molar-refractivity contribution in [2.45, 2.75) is 32.8 Å². The second-order valence-corrected chi connectivity index (χ2v) is 2.14. The smallest absolute Gasteiger partial charge is 0.161 e. The van der Waals surface area contributed by atoms with Crippen molar-refractivity contribution in [1.82, 2.24) is 0 Å². The summed E-state index contributed by atoms with van der Waals surface area (Å²) in [6.07, 6.45) is -0.912. The maximum Gasteiger partial charge on any atom is 0.161 e. The van der Waals surface area contributed by atoms with Crippen molar-refractivity contribution < 1.29 is 14.6 Å². The predicted molar refractivity (Wildman–Crippen MR) is 41.9 cm³/mol. The molecule has 0 aliphatic rings. The summed E-state index contributed by atoms with van der Waals surface area (Å²) in [4.78, 5) is 0. The molecule has 68 valence electrons. The Morgan fingerprint density at radius 2 is 1.73 bits per heavy atom. The number of nitrogens with two attached hydrogens (primary N) is 1. The van der Waals surface area contributed by atoms with E-state index in [1.807, 2.05) is 13.8 Å². The lowest BCUT2D eigenvalue weighted by Crippen LogP contribution is -2.29. The fourth-order valence-corrected chi connectivity index (χ4v) is 0.753. The van der Waals surface area contributed by atoms with Gasteiger partial charge in [-0.2, -0.15) is 0 Å². The van der Waals surface area contributed by atoms with Crippen molar-refractivity contribution in [3.05, 3.63) is 0 Å². The summed E-state index contributed by atoms with van der Waals surface area (Å²) in [6, 6.07) is 0. The first-order valence-corrected chi connectivity index (χ1v) is 3.87. The molecule has 0 aliphatic heterocycles. The molecule has 3 N–H and O–H groups in total. The van der Waals surface area contributed by atoms with Crippen LogP contribution in [0.3, 0.4) is 0 Å². The van der Waals surface area contributed by atoms with E-state index in [2.05, 4.69) is 0 Å². The Morgan fingerprint density at radius 3 is 2.00 bits per heavy atom. The molecular formula is C7H17NO3. The average Bonchev–Trinajstić information content (AvgIpc) is 1.87. The zero-order valence-corrected chi connectivity index (χ0v) is 7.12. The SMILES string of the molecule is CCOC(CC(N)O)OCC. The maximum atomic E-state index is 8.79. The van der Waals surface area contributed by atoms with E-state index in [1.165, 1.54) is 0 Å². The summed E-state index contributed by atoms with van der Waals surface area (Å²) >= 11 is 0. The minimum absolute atomic E-state index is 0.321. The van der Waals surface area contributed by atoms with Gasteiger partial charge in [-0.1, -0.05) is 0 Å². The summed E-state index contributed by atoms with van der Waals surface area (Å²) in [5.41, 5.74) is 5.15. The zero-order valence-electron chi connectivity index (χ0n) is 7.12. The third-order valence-corrected chi connectivity index (χ3v) is 1.14. The summed E-state index contributed by atoms with van der Waals surface area (Å²) in [7, 11) is 0. The summed E-state index contributed by atoms with van der Waals surface area (Å²) in [5, 5.41) is 8.79. The Balaban J connectivity index is 3.50. The minimum Gasteiger partial charge on any atom is -0.379 e. The first-order valence-electron chi connectivity index (χ1n) is 3.87. The third kappa shape index (κ3) is 6.25. The average molecular weight is 163 g/mol. The number of aliphatic hydroxyl groups is 1. The molecule has 0 amide bonds. The Bertz CT molecular complexity index is 81.8. The molecule has 0 aromatic heterocycles. The van der Waals surface area contributed by atoms with Crippen LogP contribution in [0.5, 0.6) is 0 Å². The van der Waals surface area contributed by atoms with E-state index in [-0.39, 0.29) is 6.29 Å². The molecule has 4 nitrogen and oxygen atoms in total. The van der Waals surface area contributed by atoms with E-state index >= 15 is 0 Å². The van der Waals surface area contributed by atoms with Gasteiger partial charge in [0.05, 0.1) is 0 Å². The van der Waals surface area contributed by atoms with Gasteiger partial charge in [-0.05, 0) is 13.8 Å². The maximum absolute atomic E-state index is 8.79. The standard InChI is InChI=1S/C7H17NO3/c1-3-10-7(11-4-2)5-6(8)9/h6-7,9H,3-5,8H2,1-2H3. The van der Waals surface area contributed by atoms with Crippen LogP contribution in [0.15, 0.2) is 0 Å². The molecule has 0 rings (SSSR count). The van der Waals surface area contributed by atoms with Gasteiger partial charge in [0.15, 0.2) is 6.29 Å². The monoisotopic (exact) mass is 163 g/mol. The molecule has 0 aliphatic carbocycles. The second kappa shape index (κ2) is 6.54. The van der Waals surface area contributed by atoms with Crippen LogP contribution in [0.4, 0.5) is 0 Å². The van der Waals surface area contributed by atoms with E-state index in [0.717, 1.165) is 0 Å². The molecule has 0 spiro atoms. The molecule has 0 heterocycles. The van der Waals surface area contributed by atoms with Gasteiger partial charge in [-0.3, -0.25) is 0 Å². The summed E-state index contributed by atoms with van der Waals surface area (Å²) in [5.74, 6) is 0. The highest BCUT2D eigenvalue weighted by molar-refractivity contribution is 4.49. The molecule has 1 unspecified atom stereocenters. The molecule has 0 radical (unpaired) electrons. The van der Waals surface area contributed by atoms with Crippen molar-refractivity contribution >= 4 is 0 Å². The highest BCUT2D eigenvalue weighted by Crippen LogP contribution is 2.01. The molecule has 0 fully saturated rings. The lowest BCUT2D eigenvalue weighted by atomic mass is 10.4. The van der Waals surface area contributed by atoms with Gasteiger partial charge in [-0.15, -0.1) is 0 Å². The van der Waals surface area contributed by atoms with E-state index < -0.39 is 6.23 Å². The van der Waals surface area contributed by atoms with E-state index in [1.54, 1.807) is 0 Å². The summed E-state index contributed by atoms with van der Waals surface area (Å²) in [6.45, 7) is 4.87. The molecule has 0 saturated carbocycles. The Hall–Kier alpha value is -0.160. The van der Waals surface area contributed by atoms with Gasteiger partial charge in [0, 0.05) is 19.6 Å². The van der Waals surface area contributed by atoms with Gasteiger partial charge in [0.1, 0.15) is 6.23 Å². The predicted octanol–water partition coefficient (Wildman–Crippen LogP) is 0.0527. The molecule has 0 saturated heterocycles. The quantitative estimate of drug-likeness (QED) is 0.543. The Morgan fingerprint density at radius 1 is 1.27 bits per heavy atom. The van der Waals surface area contributed by atoms with Gasteiger partial charge in [0.25, 0.3) is 0 Å². The lowest BCUT2D eigenvalue weighted by Gasteiger charge is -2.17. The van der Waals surface area contributed by atoms with Crippen LogP contribution in [-0.4, -0.2) is 30.8 Å². The first-order chi connectivity index (χ1) is 5.20. The van der Waals surface area contributed by atoms with Gasteiger partial charge < -0.3 is 20.3 Å². The van der Waals surface area contributed by atoms with Crippen molar-refractivity contribution in [3.8, 4) is 0 Å². The third-order valence-electron chi connectivity index (χ3n) is 1.14. The highest BCUT2D eigenvalue weighted by atomic mass is 16.7. The van der Waals surface area contributed by atoms with Crippen LogP contribution < -0.4 is 5.73 Å². The van der Waals surface area contributed by atoms with Gasteiger partial charge >= 0.3 is 0 Å². The molecule has 0 aromatic carbocycles. The van der Waals surface area contributed by atoms with Crippen LogP contribution in [0.25, 0.3) is 0 Å². The molecule has 0 aromatic rings. The topological polar surface area (TPSA) is 64.7 Å². The number of ether oxygens (including phenoxy) is 2. The molecule has 4 heteroatoms. The van der Waals surface area contributed by atoms with Crippen LogP contribution in [0.2, 0.25) is 0 Å². The number of rotatable bonds is 6. The second-order valence-electron chi connectivity index (χ2n) is 2.14.